The molecule has 0 bridgehead atoms. The first-order chi connectivity index (χ1) is 15.4. The molecule has 164 valence electrons. The molecule has 0 saturated carbocycles. The molecule has 0 spiro atoms. The Kier molecular flexibility index (Phi) is 5.59. The molecular formula is C22H21FN6O3. The van der Waals surface area contributed by atoms with Crippen LogP contribution >= 0.6 is 0 Å². The largest absolute Gasteiger partial charge is 0.497 e. The van der Waals surface area contributed by atoms with Gasteiger partial charge in [0.2, 0.25) is 5.95 Å². The highest BCUT2D eigenvalue weighted by Crippen LogP contribution is 2.14. The number of ether oxygens (including phenoxy) is 1. The lowest BCUT2D eigenvalue weighted by atomic mass is 10.2. The van der Waals surface area contributed by atoms with E-state index >= 15 is 0 Å². The number of aryl methyl sites for hydroxylation is 2. The van der Waals surface area contributed by atoms with Gasteiger partial charge in [-0.15, -0.1) is 0 Å². The summed E-state index contributed by atoms with van der Waals surface area (Å²) in [4.78, 5) is 30.3. The van der Waals surface area contributed by atoms with Crippen molar-refractivity contribution >= 4 is 23.3 Å². The van der Waals surface area contributed by atoms with Crippen LogP contribution in [0.5, 0.6) is 5.75 Å². The van der Waals surface area contributed by atoms with Crippen molar-refractivity contribution in [2.24, 2.45) is 19.2 Å². The molecule has 4 rings (SSSR count). The average Bonchev–Trinajstić information content (AvgIpc) is 3.13. The predicted octanol–water partition coefficient (Wildman–Crippen LogP) is 2.08. The van der Waals surface area contributed by atoms with Gasteiger partial charge in [0.05, 0.1) is 19.9 Å². The van der Waals surface area contributed by atoms with E-state index in [9.17, 15) is 14.0 Å². The van der Waals surface area contributed by atoms with E-state index in [1.807, 2.05) is 24.3 Å². The molecule has 0 atom stereocenters. The van der Waals surface area contributed by atoms with E-state index < -0.39 is 11.2 Å². The third kappa shape index (κ3) is 3.89. The van der Waals surface area contributed by atoms with E-state index in [1.165, 1.54) is 28.8 Å². The van der Waals surface area contributed by atoms with E-state index in [1.54, 1.807) is 32.0 Å². The SMILES string of the molecule is COc1ccc(/C=N\Nc2nc3c(c(=O)n(Cc4ccc(F)cc4)c(=O)n3C)n2C)cc1. The van der Waals surface area contributed by atoms with Gasteiger partial charge < -0.3 is 9.30 Å². The zero-order valence-electron chi connectivity index (χ0n) is 17.7. The molecule has 0 saturated heterocycles. The lowest BCUT2D eigenvalue weighted by molar-refractivity contribution is 0.415. The fourth-order valence-electron chi connectivity index (χ4n) is 3.31. The van der Waals surface area contributed by atoms with E-state index in [-0.39, 0.29) is 23.5 Å². The van der Waals surface area contributed by atoms with Crippen LogP contribution in [-0.2, 0) is 20.6 Å². The van der Waals surface area contributed by atoms with Crippen molar-refractivity contribution in [2.45, 2.75) is 6.54 Å². The number of nitrogens with zero attached hydrogens (tertiary/aromatic N) is 5. The molecule has 0 amide bonds. The van der Waals surface area contributed by atoms with E-state index in [0.717, 1.165) is 15.9 Å². The number of methoxy groups -OCH3 is 1. The number of hydrogen-bond donors (Lipinski definition) is 1. The molecule has 0 aliphatic heterocycles. The predicted molar refractivity (Wildman–Crippen MR) is 120 cm³/mol. The maximum atomic E-state index is 13.2. The Labute approximate surface area is 182 Å². The summed E-state index contributed by atoms with van der Waals surface area (Å²) in [6.07, 6.45) is 1.60. The van der Waals surface area contributed by atoms with Gasteiger partial charge in [-0.3, -0.25) is 13.9 Å². The Hall–Kier alpha value is -4.21. The van der Waals surface area contributed by atoms with Crippen molar-refractivity contribution in [1.82, 2.24) is 18.7 Å². The van der Waals surface area contributed by atoms with Crippen LogP contribution in [0.15, 0.2) is 63.2 Å². The van der Waals surface area contributed by atoms with Gasteiger partial charge in [0.15, 0.2) is 11.2 Å². The average molecular weight is 436 g/mol. The Balaban J connectivity index is 1.68. The van der Waals surface area contributed by atoms with Crippen LogP contribution in [0.25, 0.3) is 11.2 Å². The fourth-order valence-corrected chi connectivity index (χ4v) is 3.31. The Morgan fingerprint density at radius 3 is 2.41 bits per heavy atom. The molecule has 0 unspecified atom stereocenters. The first-order valence-electron chi connectivity index (χ1n) is 9.73. The van der Waals surface area contributed by atoms with Gasteiger partial charge in [-0.25, -0.2) is 14.6 Å². The molecule has 0 aliphatic carbocycles. The molecule has 2 aromatic heterocycles. The van der Waals surface area contributed by atoms with Crippen LogP contribution in [0.2, 0.25) is 0 Å². The molecule has 2 aromatic carbocycles. The lowest BCUT2D eigenvalue weighted by Crippen LogP contribution is -2.39. The summed E-state index contributed by atoms with van der Waals surface area (Å²) in [7, 11) is 4.80. The number of imidazole rings is 1. The molecule has 4 aromatic rings. The molecule has 0 radical (unpaired) electrons. The molecular weight excluding hydrogens is 415 g/mol. The minimum atomic E-state index is -0.516. The number of halogens is 1. The Morgan fingerprint density at radius 2 is 1.75 bits per heavy atom. The summed E-state index contributed by atoms with van der Waals surface area (Å²) in [5, 5.41) is 4.17. The summed E-state index contributed by atoms with van der Waals surface area (Å²) in [6.45, 7) is 0.0191. The number of anilines is 1. The van der Waals surface area contributed by atoms with Crippen LogP contribution < -0.4 is 21.4 Å². The van der Waals surface area contributed by atoms with E-state index in [4.69, 9.17) is 4.74 Å². The van der Waals surface area contributed by atoms with Crippen molar-refractivity contribution in [1.29, 1.82) is 0 Å². The molecule has 0 fully saturated rings. The van der Waals surface area contributed by atoms with Crippen LogP contribution in [0.3, 0.4) is 0 Å². The quantitative estimate of drug-likeness (QED) is 0.369. The Bertz CT molecular complexity index is 1420. The summed E-state index contributed by atoms with van der Waals surface area (Å²) in [5.41, 5.74) is 3.76. The van der Waals surface area contributed by atoms with Crippen molar-refractivity contribution < 1.29 is 9.13 Å². The topological polar surface area (TPSA) is 95.4 Å². The van der Waals surface area contributed by atoms with Gasteiger partial charge in [-0.05, 0) is 47.5 Å². The number of hydrazone groups is 1. The van der Waals surface area contributed by atoms with Gasteiger partial charge in [0.25, 0.3) is 5.56 Å². The first-order valence-corrected chi connectivity index (χ1v) is 9.73. The summed E-state index contributed by atoms with van der Waals surface area (Å²) in [6, 6.07) is 13.0. The molecule has 10 heteroatoms. The van der Waals surface area contributed by atoms with Crippen molar-refractivity contribution in [2.75, 3.05) is 12.5 Å². The smallest absolute Gasteiger partial charge is 0.332 e. The second-order valence-electron chi connectivity index (χ2n) is 7.17. The van der Waals surface area contributed by atoms with Crippen LogP contribution in [-0.4, -0.2) is 32.0 Å². The van der Waals surface area contributed by atoms with Crippen LogP contribution in [0.4, 0.5) is 10.3 Å². The summed E-state index contributed by atoms with van der Waals surface area (Å²) >= 11 is 0. The number of rotatable bonds is 6. The molecule has 1 N–H and O–H groups in total. The standard InChI is InChI=1S/C22H21FN6O3/c1-27-18-19(25-21(27)26-24-12-14-6-10-17(32-3)11-7-14)28(2)22(31)29(20(18)30)13-15-4-8-16(23)9-5-15/h4-12H,13H2,1-3H3,(H,25,26)/b24-12-. The maximum Gasteiger partial charge on any atom is 0.332 e. The second-order valence-corrected chi connectivity index (χ2v) is 7.17. The molecule has 0 aliphatic rings. The highest BCUT2D eigenvalue weighted by molar-refractivity contribution is 5.80. The third-order valence-corrected chi connectivity index (χ3v) is 5.11. The molecule has 32 heavy (non-hydrogen) atoms. The Morgan fingerprint density at radius 1 is 1.06 bits per heavy atom. The first kappa shape index (κ1) is 21.0. The monoisotopic (exact) mass is 436 g/mol. The normalized spacial score (nSPS) is 11.4. The summed E-state index contributed by atoms with van der Waals surface area (Å²) < 4.78 is 22.3. The number of nitrogens with one attached hydrogen (secondary N) is 1. The maximum absolute atomic E-state index is 13.2. The van der Waals surface area contributed by atoms with Crippen molar-refractivity contribution in [3.8, 4) is 5.75 Å². The van der Waals surface area contributed by atoms with Gasteiger partial charge in [0, 0.05) is 14.1 Å². The van der Waals surface area contributed by atoms with Gasteiger partial charge >= 0.3 is 5.69 Å². The third-order valence-electron chi connectivity index (χ3n) is 5.11. The van der Waals surface area contributed by atoms with Crippen molar-refractivity contribution in [3.63, 3.8) is 0 Å². The van der Waals surface area contributed by atoms with Crippen LogP contribution in [0, 0.1) is 5.82 Å². The lowest BCUT2D eigenvalue weighted by Gasteiger charge is -2.08. The number of hydrogen-bond acceptors (Lipinski definition) is 6. The van der Waals surface area contributed by atoms with Gasteiger partial charge in [0.1, 0.15) is 11.6 Å². The highest BCUT2D eigenvalue weighted by atomic mass is 19.1. The second kappa shape index (κ2) is 8.50. The molecule has 9 nitrogen and oxygen atoms in total. The molecule has 2 heterocycles. The number of benzene rings is 2. The minimum Gasteiger partial charge on any atom is -0.497 e. The summed E-state index contributed by atoms with van der Waals surface area (Å²) in [5.74, 6) is 0.654. The fraction of sp³-hybridized carbons (Fsp3) is 0.182. The van der Waals surface area contributed by atoms with Gasteiger partial charge in [-0.2, -0.15) is 10.1 Å². The number of fused-ring (bicyclic) bond motifs is 1. The zero-order chi connectivity index (χ0) is 22.8. The minimum absolute atomic E-state index is 0.0191. The van der Waals surface area contributed by atoms with Crippen molar-refractivity contribution in [3.05, 3.63) is 86.3 Å². The van der Waals surface area contributed by atoms with E-state index in [2.05, 4.69) is 15.5 Å². The zero-order valence-corrected chi connectivity index (χ0v) is 17.7. The highest BCUT2D eigenvalue weighted by Gasteiger charge is 2.18. The van der Waals surface area contributed by atoms with E-state index in [0.29, 0.717) is 11.5 Å². The van der Waals surface area contributed by atoms with Crippen LogP contribution in [0.1, 0.15) is 11.1 Å². The number of aromatic nitrogens is 4. The van der Waals surface area contributed by atoms with Gasteiger partial charge in [-0.1, -0.05) is 12.1 Å².